The number of nitrogens with zero attached hydrogens (tertiary/aromatic N) is 3. The first-order valence-corrected chi connectivity index (χ1v) is 8.38. The van der Waals surface area contributed by atoms with Crippen molar-refractivity contribution in [3.63, 3.8) is 0 Å². The minimum absolute atomic E-state index is 0. The van der Waals surface area contributed by atoms with Gasteiger partial charge in [0, 0.05) is 32.5 Å². The van der Waals surface area contributed by atoms with Crippen LogP contribution in [0.2, 0.25) is 0 Å². The molecule has 5 nitrogen and oxygen atoms in total. The second-order valence-corrected chi connectivity index (χ2v) is 5.74. The van der Waals surface area contributed by atoms with E-state index in [0.717, 1.165) is 19.0 Å². The molecule has 0 amide bonds. The minimum atomic E-state index is 0. The fourth-order valence-corrected chi connectivity index (χ4v) is 2.63. The van der Waals surface area contributed by atoms with Crippen LogP contribution in [0, 0.1) is 0 Å². The third-order valence-electron chi connectivity index (χ3n) is 3.98. The molecule has 0 aliphatic heterocycles. The summed E-state index contributed by atoms with van der Waals surface area (Å²) in [6.07, 6.45) is 3.78. The van der Waals surface area contributed by atoms with E-state index in [2.05, 4.69) is 57.1 Å². The summed E-state index contributed by atoms with van der Waals surface area (Å²) in [6.45, 7) is 2.22. The van der Waals surface area contributed by atoms with Crippen LogP contribution in [0.1, 0.15) is 16.7 Å². The Morgan fingerprint density at radius 3 is 2.31 bits per heavy atom. The van der Waals surface area contributed by atoms with Crippen molar-refractivity contribution in [2.24, 2.45) is 4.99 Å². The quantitative estimate of drug-likeness (QED) is 0.336. The van der Waals surface area contributed by atoms with Crippen LogP contribution >= 0.6 is 24.0 Å². The smallest absolute Gasteiger partial charge is 0.191 e. The third-order valence-corrected chi connectivity index (χ3v) is 3.98. The standard InChI is InChI=1S/C20H23N5.HI/c1-21-20(22-14-17-8-3-2-4-9-17)23-15-18-10-5-6-11-19(18)16-25-13-7-12-24-25;/h2-13H,14-16H2,1H3,(H2,21,22,23);1H. The molecule has 2 N–H and O–H groups in total. The van der Waals surface area contributed by atoms with Gasteiger partial charge in [0.15, 0.2) is 5.96 Å². The van der Waals surface area contributed by atoms with Crippen LogP contribution in [0.5, 0.6) is 0 Å². The normalized spacial score (nSPS) is 10.9. The second kappa shape index (κ2) is 10.6. The van der Waals surface area contributed by atoms with E-state index in [1.807, 2.05) is 35.1 Å². The van der Waals surface area contributed by atoms with Crippen LogP contribution in [-0.4, -0.2) is 22.8 Å². The Kier molecular flexibility index (Phi) is 8.14. The zero-order valence-electron chi connectivity index (χ0n) is 14.8. The van der Waals surface area contributed by atoms with Crippen LogP contribution in [0.25, 0.3) is 0 Å². The summed E-state index contributed by atoms with van der Waals surface area (Å²) in [6, 6.07) is 20.6. The van der Waals surface area contributed by atoms with Gasteiger partial charge < -0.3 is 10.6 Å². The van der Waals surface area contributed by atoms with Crippen LogP contribution in [0.3, 0.4) is 0 Å². The van der Waals surface area contributed by atoms with Crippen molar-refractivity contribution in [2.45, 2.75) is 19.6 Å². The first-order valence-electron chi connectivity index (χ1n) is 8.38. The Labute approximate surface area is 171 Å². The topological polar surface area (TPSA) is 54.2 Å². The number of aromatic nitrogens is 2. The molecular weight excluding hydrogens is 437 g/mol. The fraction of sp³-hybridized carbons (Fsp3) is 0.200. The average molecular weight is 461 g/mol. The highest BCUT2D eigenvalue weighted by Crippen LogP contribution is 2.10. The van der Waals surface area contributed by atoms with E-state index >= 15 is 0 Å². The molecule has 2 aromatic carbocycles. The Hall–Kier alpha value is -2.35. The first-order chi connectivity index (χ1) is 12.3. The van der Waals surface area contributed by atoms with E-state index in [4.69, 9.17) is 0 Å². The SMILES string of the molecule is CN=C(NCc1ccccc1)NCc1ccccc1Cn1cccn1.I. The highest BCUT2D eigenvalue weighted by molar-refractivity contribution is 14.0. The number of hydrogen-bond donors (Lipinski definition) is 2. The molecule has 0 aliphatic rings. The molecule has 6 heteroatoms. The lowest BCUT2D eigenvalue weighted by molar-refractivity contribution is 0.677. The van der Waals surface area contributed by atoms with Crippen molar-refractivity contribution in [3.05, 3.63) is 89.7 Å². The first kappa shape index (κ1) is 20.0. The maximum Gasteiger partial charge on any atom is 0.191 e. The van der Waals surface area contributed by atoms with Gasteiger partial charge in [0.1, 0.15) is 0 Å². The number of guanidine groups is 1. The van der Waals surface area contributed by atoms with Gasteiger partial charge in [0.25, 0.3) is 0 Å². The summed E-state index contributed by atoms with van der Waals surface area (Å²) in [7, 11) is 1.79. The lowest BCUT2D eigenvalue weighted by Gasteiger charge is -2.14. The predicted molar refractivity (Wildman–Crippen MR) is 117 cm³/mol. The zero-order valence-corrected chi connectivity index (χ0v) is 17.1. The summed E-state index contributed by atoms with van der Waals surface area (Å²) in [4.78, 5) is 4.30. The van der Waals surface area contributed by atoms with Gasteiger partial charge in [0.05, 0.1) is 6.54 Å². The minimum Gasteiger partial charge on any atom is -0.352 e. The lowest BCUT2D eigenvalue weighted by Crippen LogP contribution is -2.36. The van der Waals surface area contributed by atoms with Crippen LogP contribution in [0.4, 0.5) is 0 Å². The second-order valence-electron chi connectivity index (χ2n) is 5.74. The molecule has 0 saturated carbocycles. The van der Waals surface area contributed by atoms with E-state index in [9.17, 15) is 0 Å². The molecule has 0 radical (unpaired) electrons. The van der Waals surface area contributed by atoms with Crippen LogP contribution < -0.4 is 10.6 Å². The molecular formula is C20H24IN5. The van der Waals surface area contributed by atoms with Gasteiger partial charge in [-0.15, -0.1) is 24.0 Å². The monoisotopic (exact) mass is 461 g/mol. The molecule has 136 valence electrons. The number of hydrogen-bond acceptors (Lipinski definition) is 2. The maximum absolute atomic E-state index is 4.30. The van der Waals surface area contributed by atoms with Gasteiger partial charge in [-0.05, 0) is 22.8 Å². The Morgan fingerprint density at radius 2 is 1.62 bits per heavy atom. The largest absolute Gasteiger partial charge is 0.352 e. The fourth-order valence-electron chi connectivity index (χ4n) is 2.63. The van der Waals surface area contributed by atoms with E-state index in [1.165, 1.54) is 16.7 Å². The molecule has 1 aromatic heterocycles. The van der Waals surface area contributed by atoms with Crippen molar-refractivity contribution in [1.82, 2.24) is 20.4 Å². The molecule has 0 unspecified atom stereocenters. The lowest BCUT2D eigenvalue weighted by atomic mass is 10.1. The Morgan fingerprint density at radius 1 is 0.923 bits per heavy atom. The molecule has 0 aliphatic carbocycles. The van der Waals surface area contributed by atoms with E-state index in [-0.39, 0.29) is 24.0 Å². The number of aliphatic imine (C=N–C) groups is 1. The molecule has 0 fully saturated rings. The van der Waals surface area contributed by atoms with Crippen molar-refractivity contribution >= 4 is 29.9 Å². The highest BCUT2D eigenvalue weighted by atomic mass is 127. The van der Waals surface area contributed by atoms with Gasteiger partial charge in [-0.1, -0.05) is 54.6 Å². The Balaban J connectivity index is 0.00000243. The average Bonchev–Trinajstić information content (AvgIpc) is 3.17. The molecule has 3 rings (SSSR count). The molecule has 3 aromatic rings. The summed E-state index contributed by atoms with van der Waals surface area (Å²) in [5.74, 6) is 0.790. The summed E-state index contributed by atoms with van der Waals surface area (Å²) in [5.41, 5.74) is 3.71. The van der Waals surface area contributed by atoms with Crippen LogP contribution in [-0.2, 0) is 19.6 Å². The third kappa shape index (κ3) is 5.87. The van der Waals surface area contributed by atoms with Gasteiger partial charge in [-0.2, -0.15) is 5.10 Å². The van der Waals surface area contributed by atoms with Gasteiger partial charge in [-0.3, -0.25) is 9.67 Å². The summed E-state index contributed by atoms with van der Waals surface area (Å²) >= 11 is 0. The van der Waals surface area contributed by atoms with Crippen molar-refractivity contribution in [2.75, 3.05) is 7.05 Å². The van der Waals surface area contributed by atoms with Gasteiger partial charge in [0.2, 0.25) is 0 Å². The molecule has 0 saturated heterocycles. The van der Waals surface area contributed by atoms with E-state index in [0.29, 0.717) is 6.54 Å². The molecule has 0 spiro atoms. The van der Waals surface area contributed by atoms with Crippen molar-refractivity contribution in [3.8, 4) is 0 Å². The van der Waals surface area contributed by atoms with Gasteiger partial charge >= 0.3 is 0 Å². The number of nitrogens with one attached hydrogen (secondary N) is 2. The van der Waals surface area contributed by atoms with Gasteiger partial charge in [-0.25, -0.2) is 0 Å². The molecule has 26 heavy (non-hydrogen) atoms. The predicted octanol–water partition coefficient (Wildman–Crippen LogP) is 3.41. The number of rotatable bonds is 6. The Bertz CT molecular complexity index is 800. The number of benzene rings is 2. The van der Waals surface area contributed by atoms with E-state index < -0.39 is 0 Å². The molecule has 1 heterocycles. The van der Waals surface area contributed by atoms with Crippen molar-refractivity contribution < 1.29 is 0 Å². The van der Waals surface area contributed by atoms with E-state index in [1.54, 1.807) is 13.2 Å². The molecule has 0 atom stereocenters. The summed E-state index contributed by atoms with van der Waals surface area (Å²) in [5, 5.41) is 11.0. The summed E-state index contributed by atoms with van der Waals surface area (Å²) < 4.78 is 1.93. The van der Waals surface area contributed by atoms with Crippen molar-refractivity contribution in [1.29, 1.82) is 0 Å². The number of halogens is 1. The zero-order chi connectivity index (χ0) is 17.3. The highest BCUT2D eigenvalue weighted by Gasteiger charge is 2.04. The maximum atomic E-state index is 4.30. The molecule has 0 bridgehead atoms. The van der Waals surface area contributed by atoms with Crippen LogP contribution in [0.15, 0.2) is 78.0 Å².